The summed E-state index contributed by atoms with van der Waals surface area (Å²) < 4.78 is 33.6. The summed E-state index contributed by atoms with van der Waals surface area (Å²) >= 11 is 0. The topological polar surface area (TPSA) is 72.5 Å². The number of hydrogen-bond acceptors (Lipinski definition) is 4. The largest absolute Gasteiger partial charge is 0.469 e. The highest BCUT2D eigenvalue weighted by atomic mass is 32.2. The Morgan fingerprint density at radius 1 is 1.07 bits per heavy atom. The number of aryl methyl sites for hydroxylation is 1. The van der Waals surface area contributed by atoms with Gasteiger partial charge in [-0.05, 0) is 31.0 Å². The Bertz CT molecular complexity index is 832. The third-order valence-electron chi connectivity index (χ3n) is 4.55. The molecule has 2 unspecified atom stereocenters. The van der Waals surface area contributed by atoms with Crippen LogP contribution in [0.3, 0.4) is 0 Å². The lowest BCUT2D eigenvalue weighted by Gasteiger charge is -2.26. The van der Waals surface area contributed by atoms with Crippen molar-refractivity contribution in [1.82, 2.24) is 4.72 Å². The second-order valence-corrected chi connectivity index (χ2v) is 8.31. The lowest BCUT2D eigenvalue weighted by molar-refractivity contribution is -0.146. The molecule has 0 saturated heterocycles. The van der Waals surface area contributed by atoms with Crippen LogP contribution in [-0.2, 0) is 19.6 Å². The number of benzene rings is 2. The van der Waals surface area contributed by atoms with Crippen LogP contribution in [0.25, 0.3) is 0 Å². The smallest absolute Gasteiger partial charge is 0.310 e. The van der Waals surface area contributed by atoms with Gasteiger partial charge in [-0.25, -0.2) is 13.1 Å². The van der Waals surface area contributed by atoms with E-state index in [0.29, 0.717) is 6.42 Å². The molecule has 0 aliphatic rings. The van der Waals surface area contributed by atoms with Crippen molar-refractivity contribution in [2.75, 3.05) is 7.11 Å². The van der Waals surface area contributed by atoms with Gasteiger partial charge < -0.3 is 4.74 Å². The molecule has 2 rings (SSSR count). The third-order valence-corrected chi connectivity index (χ3v) is 6.00. The summed E-state index contributed by atoms with van der Waals surface area (Å²) in [6.07, 6.45) is 2.24. The van der Waals surface area contributed by atoms with Crippen LogP contribution < -0.4 is 4.72 Å². The predicted octanol–water partition coefficient (Wildman–Crippen LogP) is 3.99. The first-order valence-corrected chi connectivity index (χ1v) is 10.6. The quantitative estimate of drug-likeness (QED) is 0.658. The van der Waals surface area contributed by atoms with Gasteiger partial charge in [0, 0.05) is 0 Å². The summed E-state index contributed by atoms with van der Waals surface area (Å²) in [6, 6.07) is 15.1. The van der Waals surface area contributed by atoms with E-state index in [1.165, 1.54) is 7.11 Å². The molecule has 6 heteroatoms. The van der Waals surface area contributed by atoms with Crippen molar-refractivity contribution in [2.45, 2.75) is 44.0 Å². The van der Waals surface area contributed by atoms with Gasteiger partial charge in [-0.15, -0.1) is 0 Å². The van der Waals surface area contributed by atoms with Gasteiger partial charge in [0.15, 0.2) is 0 Å². The van der Waals surface area contributed by atoms with Gasteiger partial charge in [0.2, 0.25) is 10.0 Å². The van der Waals surface area contributed by atoms with Crippen LogP contribution >= 0.6 is 0 Å². The monoisotopic (exact) mass is 389 g/mol. The molecule has 0 aliphatic carbocycles. The average Bonchev–Trinajstić information content (AvgIpc) is 2.68. The number of carbonyl (C=O) groups is 1. The SMILES string of the molecule is CCCCC(C(=O)OC)C(NS(=O)(=O)c1ccc(C)cc1)c1ccccc1. The van der Waals surface area contributed by atoms with E-state index in [-0.39, 0.29) is 4.90 Å². The number of sulfonamides is 1. The first-order chi connectivity index (χ1) is 12.9. The molecule has 146 valence electrons. The zero-order valence-electron chi connectivity index (χ0n) is 16.0. The number of hydrogen-bond donors (Lipinski definition) is 1. The lowest BCUT2D eigenvalue weighted by Crippen LogP contribution is -2.37. The van der Waals surface area contributed by atoms with Crippen LogP contribution in [0.2, 0.25) is 0 Å². The number of nitrogens with one attached hydrogen (secondary N) is 1. The highest BCUT2D eigenvalue weighted by molar-refractivity contribution is 7.89. The molecule has 0 fully saturated rings. The van der Waals surface area contributed by atoms with Gasteiger partial charge in [0.05, 0.1) is 24.0 Å². The molecule has 0 heterocycles. The summed E-state index contributed by atoms with van der Waals surface area (Å²) in [5.74, 6) is -1.01. The second kappa shape index (κ2) is 9.67. The second-order valence-electron chi connectivity index (χ2n) is 6.59. The number of unbranched alkanes of at least 4 members (excludes halogenated alkanes) is 1. The molecule has 0 bridgehead atoms. The van der Waals surface area contributed by atoms with Crippen molar-refractivity contribution in [1.29, 1.82) is 0 Å². The van der Waals surface area contributed by atoms with Gasteiger partial charge >= 0.3 is 5.97 Å². The van der Waals surface area contributed by atoms with Crippen LogP contribution in [0.1, 0.15) is 43.4 Å². The number of carbonyl (C=O) groups excluding carboxylic acids is 1. The normalized spacial score (nSPS) is 13.7. The molecule has 2 aromatic carbocycles. The molecular formula is C21H27NO4S. The van der Waals surface area contributed by atoms with E-state index >= 15 is 0 Å². The zero-order chi connectivity index (χ0) is 19.9. The summed E-state index contributed by atoms with van der Waals surface area (Å²) in [5, 5.41) is 0. The van der Waals surface area contributed by atoms with Gasteiger partial charge in [0.25, 0.3) is 0 Å². The standard InChI is InChI=1S/C21H27NO4S/c1-4-5-11-19(21(23)26-3)20(17-9-7-6-8-10-17)22-27(24,25)18-14-12-16(2)13-15-18/h6-10,12-15,19-20,22H,4-5,11H2,1-3H3. The molecule has 2 aromatic rings. The van der Waals surface area contributed by atoms with Crippen LogP contribution in [0, 0.1) is 12.8 Å². The van der Waals surface area contributed by atoms with E-state index < -0.39 is 28.0 Å². The molecule has 0 aromatic heterocycles. The summed E-state index contributed by atoms with van der Waals surface area (Å²) in [6.45, 7) is 3.93. The molecule has 0 saturated carbocycles. The Hall–Kier alpha value is -2.18. The van der Waals surface area contributed by atoms with Gasteiger partial charge in [-0.1, -0.05) is 67.8 Å². The van der Waals surface area contributed by atoms with E-state index in [1.807, 2.05) is 44.2 Å². The van der Waals surface area contributed by atoms with Crippen LogP contribution in [0.4, 0.5) is 0 Å². The molecule has 0 amide bonds. The van der Waals surface area contributed by atoms with Crippen molar-refractivity contribution >= 4 is 16.0 Å². The molecule has 27 heavy (non-hydrogen) atoms. The number of ether oxygens (including phenoxy) is 1. The van der Waals surface area contributed by atoms with Crippen LogP contribution in [0.15, 0.2) is 59.5 Å². The third kappa shape index (κ3) is 5.65. The maximum atomic E-state index is 13.0. The minimum atomic E-state index is -3.79. The summed E-state index contributed by atoms with van der Waals surface area (Å²) in [7, 11) is -2.46. The summed E-state index contributed by atoms with van der Waals surface area (Å²) in [5.41, 5.74) is 1.71. The Kier molecular flexibility index (Phi) is 7.56. The predicted molar refractivity (Wildman–Crippen MR) is 106 cm³/mol. The van der Waals surface area contributed by atoms with Crippen molar-refractivity contribution < 1.29 is 17.9 Å². The van der Waals surface area contributed by atoms with E-state index in [2.05, 4.69) is 4.72 Å². The van der Waals surface area contributed by atoms with Crippen molar-refractivity contribution in [3.05, 3.63) is 65.7 Å². The molecule has 0 radical (unpaired) electrons. The first kappa shape index (κ1) is 21.1. The van der Waals surface area contributed by atoms with E-state index in [1.54, 1.807) is 24.3 Å². The number of esters is 1. The Labute approximate surface area is 161 Å². The molecule has 1 N–H and O–H groups in total. The maximum absolute atomic E-state index is 13.0. The lowest BCUT2D eigenvalue weighted by atomic mass is 9.89. The fourth-order valence-corrected chi connectivity index (χ4v) is 4.26. The minimum absolute atomic E-state index is 0.174. The minimum Gasteiger partial charge on any atom is -0.469 e. The molecule has 0 spiro atoms. The first-order valence-electron chi connectivity index (χ1n) is 9.10. The molecule has 2 atom stereocenters. The Morgan fingerprint density at radius 2 is 1.70 bits per heavy atom. The fourth-order valence-electron chi connectivity index (χ4n) is 2.99. The van der Waals surface area contributed by atoms with E-state index in [4.69, 9.17) is 4.74 Å². The van der Waals surface area contributed by atoms with Gasteiger partial charge in [0.1, 0.15) is 0 Å². The van der Waals surface area contributed by atoms with Crippen molar-refractivity contribution in [2.24, 2.45) is 5.92 Å². The Balaban J connectivity index is 2.42. The highest BCUT2D eigenvalue weighted by Crippen LogP contribution is 2.29. The molecular weight excluding hydrogens is 362 g/mol. The van der Waals surface area contributed by atoms with Crippen molar-refractivity contribution in [3.63, 3.8) is 0 Å². The van der Waals surface area contributed by atoms with Gasteiger partial charge in [-0.2, -0.15) is 0 Å². The van der Waals surface area contributed by atoms with E-state index in [0.717, 1.165) is 24.0 Å². The number of methoxy groups -OCH3 is 1. The van der Waals surface area contributed by atoms with Crippen LogP contribution in [0.5, 0.6) is 0 Å². The number of rotatable bonds is 9. The zero-order valence-corrected chi connectivity index (χ0v) is 16.8. The fraction of sp³-hybridized carbons (Fsp3) is 0.381. The molecule has 0 aliphatic heterocycles. The molecule has 5 nitrogen and oxygen atoms in total. The van der Waals surface area contributed by atoms with Gasteiger partial charge in [-0.3, -0.25) is 4.79 Å². The van der Waals surface area contributed by atoms with Crippen LogP contribution in [-0.4, -0.2) is 21.5 Å². The maximum Gasteiger partial charge on any atom is 0.310 e. The van der Waals surface area contributed by atoms with Crippen molar-refractivity contribution in [3.8, 4) is 0 Å². The van der Waals surface area contributed by atoms with E-state index in [9.17, 15) is 13.2 Å². The summed E-state index contributed by atoms with van der Waals surface area (Å²) in [4.78, 5) is 12.6. The Morgan fingerprint density at radius 3 is 2.26 bits per heavy atom. The highest BCUT2D eigenvalue weighted by Gasteiger charge is 2.33. The average molecular weight is 390 g/mol.